The monoisotopic (exact) mass is 403 g/mol. The van der Waals surface area contributed by atoms with Crippen LogP contribution in [0.25, 0.3) is 22.2 Å². The molecule has 156 valence electrons. The summed E-state index contributed by atoms with van der Waals surface area (Å²) in [5.74, 6) is -0.325. The number of fused-ring (bicyclic) bond motifs is 1. The van der Waals surface area contributed by atoms with E-state index in [-0.39, 0.29) is 24.4 Å². The Morgan fingerprint density at radius 3 is 2.47 bits per heavy atom. The van der Waals surface area contributed by atoms with Crippen LogP contribution in [0.2, 0.25) is 0 Å². The van der Waals surface area contributed by atoms with Gasteiger partial charge in [0.25, 0.3) is 5.91 Å². The van der Waals surface area contributed by atoms with E-state index in [2.05, 4.69) is 31.3 Å². The molecule has 3 rings (SSSR count). The molecule has 3 aromatic rings. The number of amides is 2. The molecule has 0 aliphatic heterocycles. The van der Waals surface area contributed by atoms with Gasteiger partial charge in [-0.05, 0) is 52.3 Å². The second-order valence-electron chi connectivity index (χ2n) is 7.93. The number of hydrogen-bond acceptors (Lipinski definition) is 3. The molecule has 0 spiro atoms. The van der Waals surface area contributed by atoms with E-state index in [4.69, 9.17) is 4.98 Å². The summed E-state index contributed by atoms with van der Waals surface area (Å²) >= 11 is 0. The van der Waals surface area contributed by atoms with Gasteiger partial charge in [0.05, 0.1) is 23.3 Å². The molecule has 0 atom stereocenters. The average Bonchev–Trinajstić information content (AvgIpc) is 2.70. The minimum Gasteiger partial charge on any atom is -0.352 e. The predicted octanol–water partition coefficient (Wildman–Crippen LogP) is 4.51. The molecule has 1 heterocycles. The minimum absolute atomic E-state index is 0.0308. The summed E-state index contributed by atoms with van der Waals surface area (Å²) in [6, 6.07) is 15.7. The van der Waals surface area contributed by atoms with E-state index in [1.807, 2.05) is 57.2 Å². The fraction of sp³-hybridized carbons (Fsp3) is 0.320. The van der Waals surface area contributed by atoms with Crippen LogP contribution in [0.3, 0.4) is 0 Å². The molecule has 5 nitrogen and oxygen atoms in total. The SMILES string of the molecule is CCN(CC(=O)NC(C)C)C(=O)c1cc(-c2ccc(C)cc2C)nc2ccccc12. The highest BCUT2D eigenvalue weighted by molar-refractivity contribution is 6.08. The maximum Gasteiger partial charge on any atom is 0.255 e. The Labute approximate surface area is 178 Å². The van der Waals surface area contributed by atoms with Crippen molar-refractivity contribution in [2.45, 2.75) is 40.7 Å². The Balaban J connectivity index is 2.07. The predicted molar refractivity (Wildman–Crippen MR) is 122 cm³/mol. The van der Waals surface area contributed by atoms with Crippen molar-refractivity contribution in [3.05, 3.63) is 65.2 Å². The second-order valence-corrected chi connectivity index (χ2v) is 7.93. The van der Waals surface area contributed by atoms with Gasteiger partial charge < -0.3 is 10.2 Å². The van der Waals surface area contributed by atoms with Gasteiger partial charge in [0.2, 0.25) is 5.91 Å². The smallest absolute Gasteiger partial charge is 0.255 e. The number of benzene rings is 2. The van der Waals surface area contributed by atoms with Crippen LogP contribution >= 0.6 is 0 Å². The van der Waals surface area contributed by atoms with Gasteiger partial charge in [0, 0.05) is 23.5 Å². The summed E-state index contributed by atoms with van der Waals surface area (Å²) in [4.78, 5) is 32.1. The van der Waals surface area contributed by atoms with Gasteiger partial charge in [-0.25, -0.2) is 4.98 Å². The van der Waals surface area contributed by atoms with Gasteiger partial charge >= 0.3 is 0 Å². The standard InChI is InChI=1S/C25H29N3O2/c1-6-28(15-24(29)26-16(2)3)25(30)21-14-23(19-12-11-17(4)13-18(19)5)27-22-10-8-7-9-20(21)22/h7-14,16H,6,15H2,1-5H3,(H,26,29). The first-order valence-electron chi connectivity index (χ1n) is 10.4. The maximum absolute atomic E-state index is 13.5. The first kappa shape index (κ1) is 21.5. The van der Waals surface area contributed by atoms with Gasteiger partial charge in [0.15, 0.2) is 0 Å². The number of pyridine rings is 1. The zero-order chi connectivity index (χ0) is 21.8. The molecule has 5 heteroatoms. The summed E-state index contributed by atoms with van der Waals surface area (Å²) < 4.78 is 0. The Hall–Kier alpha value is -3.21. The molecule has 1 N–H and O–H groups in total. The summed E-state index contributed by atoms with van der Waals surface area (Å²) in [7, 11) is 0. The third-order valence-corrected chi connectivity index (χ3v) is 5.06. The summed E-state index contributed by atoms with van der Waals surface area (Å²) in [6.07, 6.45) is 0. The third kappa shape index (κ3) is 4.67. The molecule has 2 amide bonds. The van der Waals surface area contributed by atoms with Crippen molar-refractivity contribution in [2.24, 2.45) is 0 Å². The maximum atomic E-state index is 13.5. The van der Waals surface area contributed by atoms with Crippen LogP contribution in [0.5, 0.6) is 0 Å². The van der Waals surface area contributed by atoms with Crippen LogP contribution in [-0.2, 0) is 4.79 Å². The number of nitrogens with one attached hydrogen (secondary N) is 1. The Morgan fingerprint density at radius 2 is 1.80 bits per heavy atom. The molecule has 30 heavy (non-hydrogen) atoms. The van der Waals surface area contributed by atoms with Crippen molar-refractivity contribution in [1.29, 1.82) is 0 Å². The molecular weight excluding hydrogens is 374 g/mol. The minimum atomic E-state index is -0.166. The van der Waals surface area contributed by atoms with Gasteiger partial charge in [0.1, 0.15) is 0 Å². The molecule has 2 aromatic carbocycles. The largest absolute Gasteiger partial charge is 0.352 e. The lowest BCUT2D eigenvalue weighted by Crippen LogP contribution is -2.42. The quantitative estimate of drug-likeness (QED) is 0.659. The van der Waals surface area contributed by atoms with Crippen LogP contribution < -0.4 is 5.32 Å². The summed E-state index contributed by atoms with van der Waals surface area (Å²) in [6.45, 7) is 10.3. The van der Waals surface area contributed by atoms with Crippen LogP contribution in [0.1, 0.15) is 42.3 Å². The first-order chi connectivity index (χ1) is 14.3. The van der Waals surface area contributed by atoms with E-state index in [0.717, 1.165) is 27.7 Å². The van der Waals surface area contributed by atoms with Gasteiger partial charge in [-0.3, -0.25) is 9.59 Å². The molecule has 0 saturated heterocycles. The van der Waals surface area contributed by atoms with Gasteiger partial charge in [-0.1, -0.05) is 42.0 Å². The molecule has 1 aromatic heterocycles. The lowest BCUT2D eigenvalue weighted by Gasteiger charge is -2.22. The van der Waals surface area contributed by atoms with Crippen molar-refractivity contribution < 1.29 is 9.59 Å². The van der Waals surface area contributed by atoms with Crippen molar-refractivity contribution in [3.8, 4) is 11.3 Å². The molecule has 0 aliphatic rings. The Kier molecular flexibility index (Phi) is 6.50. The number of nitrogens with zero attached hydrogens (tertiary/aromatic N) is 2. The Morgan fingerprint density at radius 1 is 1.07 bits per heavy atom. The summed E-state index contributed by atoms with van der Waals surface area (Å²) in [5.41, 5.74) is 5.38. The molecule has 0 fully saturated rings. The fourth-order valence-electron chi connectivity index (χ4n) is 3.63. The lowest BCUT2D eigenvalue weighted by molar-refractivity contribution is -0.122. The van der Waals surface area contributed by atoms with Crippen LogP contribution in [0.15, 0.2) is 48.5 Å². The van der Waals surface area contributed by atoms with E-state index in [0.29, 0.717) is 12.1 Å². The third-order valence-electron chi connectivity index (χ3n) is 5.06. The zero-order valence-electron chi connectivity index (χ0n) is 18.3. The van der Waals surface area contributed by atoms with E-state index in [1.165, 1.54) is 5.56 Å². The normalized spacial score (nSPS) is 11.0. The Bertz CT molecular complexity index is 1090. The van der Waals surface area contributed by atoms with Crippen molar-refractivity contribution in [3.63, 3.8) is 0 Å². The molecule has 0 unspecified atom stereocenters. The highest BCUT2D eigenvalue weighted by atomic mass is 16.2. The van der Waals surface area contributed by atoms with Crippen LogP contribution in [0.4, 0.5) is 0 Å². The molecule has 0 bridgehead atoms. The number of aryl methyl sites for hydroxylation is 2. The van der Waals surface area contributed by atoms with Crippen LogP contribution in [-0.4, -0.2) is 40.8 Å². The number of likely N-dealkylation sites (N-methyl/N-ethyl adjacent to an activating group) is 1. The number of para-hydroxylation sites is 1. The summed E-state index contributed by atoms with van der Waals surface area (Å²) in [5, 5.41) is 3.65. The lowest BCUT2D eigenvalue weighted by atomic mass is 9.99. The van der Waals surface area contributed by atoms with Gasteiger partial charge in [-0.2, -0.15) is 0 Å². The zero-order valence-corrected chi connectivity index (χ0v) is 18.3. The number of carbonyl (C=O) groups excluding carboxylic acids is 2. The average molecular weight is 404 g/mol. The highest BCUT2D eigenvalue weighted by Crippen LogP contribution is 2.28. The number of hydrogen-bond donors (Lipinski definition) is 1. The number of carbonyl (C=O) groups is 2. The molecular formula is C25H29N3O2. The molecule has 0 radical (unpaired) electrons. The van der Waals surface area contributed by atoms with Gasteiger partial charge in [-0.15, -0.1) is 0 Å². The fourth-order valence-corrected chi connectivity index (χ4v) is 3.63. The topological polar surface area (TPSA) is 62.3 Å². The van der Waals surface area contributed by atoms with E-state index in [9.17, 15) is 9.59 Å². The first-order valence-corrected chi connectivity index (χ1v) is 10.4. The van der Waals surface area contributed by atoms with Crippen molar-refractivity contribution in [1.82, 2.24) is 15.2 Å². The van der Waals surface area contributed by atoms with Crippen LogP contribution in [0, 0.1) is 13.8 Å². The van der Waals surface area contributed by atoms with E-state index < -0.39 is 0 Å². The van der Waals surface area contributed by atoms with Crippen molar-refractivity contribution in [2.75, 3.05) is 13.1 Å². The highest BCUT2D eigenvalue weighted by Gasteiger charge is 2.21. The number of aromatic nitrogens is 1. The molecule has 0 saturated carbocycles. The van der Waals surface area contributed by atoms with E-state index >= 15 is 0 Å². The number of rotatable bonds is 6. The molecule has 0 aliphatic carbocycles. The van der Waals surface area contributed by atoms with E-state index in [1.54, 1.807) is 4.90 Å². The second kappa shape index (κ2) is 9.08. The van der Waals surface area contributed by atoms with Crippen molar-refractivity contribution >= 4 is 22.7 Å².